The molecule has 3 aromatic carbocycles. The van der Waals surface area contributed by atoms with Crippen LogP contribution in [0.15, 0.2) is 93.5 Å². The van der Waals surface area contributed by atoms with E-state index in [0.29, 0.717) is 5.62 Å². The number of nitrogens with one attached hydrogen (secondary N) is 2. The van der Waals surface area contributed by atoms with Crippen molar-refractivity contribution < 1.29 is 12.8 Å². The van der Waals surface area contributed by atoms with Crippen LogP contribution in [0.5, 0.6) is 0 Å². The van der Waals surface area contributed by atoms with E-state index < -0.39 is 21.2 Å². The Kier molecular flexibility index (Phi) is 6.50. The summed E-state index contributed by atoms with van der Waals surface area (Å²) in [5, 5.41) is 11.4. The van der Waals surface area contributed by atoms with E-state index >= 15 is 0 Å². The number of benzene rings is 3. The lowest BCUT2D eigenvalue weighted by Crippen LogP contribution is -2.59. The van der Waals surface area contributed by atoms with E-state index in [-0.39, 0.29) is 39.3 Å². The first kappa shape index (κ1) is 25.9. The number of nitrogens with zero attached hydrogens (tertiary/aromatic N) is 3. The molecule has 0 radical (unpaired) electrons. The molecule has 6 rings (SSSR count). The molecule has 2 N–H and O–H groups in total. The molecule has 0 bridgehead atoms. The zero-order valence-corrected chi connectivity index (χ0v) is 22.7. The highest BCUT2D eigenvalue weighted by molar-refractivity contribution is 8.00. The molecule has 1 fully saturated rings. The standard InChI is InChI=1S/C30H28FN5O3S/c1-35-29(37)26(27(32)36-25-9-5-8-24(25)34-30(35)36)28(40(38,39)23-16-14-22(31)15-17-23)33-18-19-10-12-21(13-11-19)20-6-3-2-4-7-20/h2-4,6-7,10-17,24-25,32-33H,5,8-9,18H2,1H3. The minimum atomic E-state index is -4.33. The maximum Gasteiger partial charge on any atom is 0.266 e. The van der Waals surface area contributed by atoms with Crippen molar-refractivity contribution in [1.29, 1.82) is 5.41 Å². The first-order chi connectivity index (χ1) is 19.3. The third-order valence-corrected chi connectivity index (χ3v) is 9.48. The van der Waals surface area contributed by atoms with E-state index in [1.54, 1.807) is 11.6 Å². The number of aromatic nitrogens is 2. The van der Waals surface area contributed by atoms with Gasteiger partial charge in [-0.25, -0.2) is 17.8 Å². The zero-order valence-electron chi connectivity index (χ0n) is 21.8. The van der Waals surface area contributed by atoms with Crippen molar-refractivity contribution in [3.05, 3.63) is 117 Å². The Balaban J connectivity index is 1.50. The summed E-state index contributed by atoms with van der Waals surface area (Å²) in [4.78, 5) is 18.1. The normalized spacial score (nSPS) is 18.6. The number of hydrogen-bond acceptors (Lipinski definition) is 6. The largest absolute Gasteiger partial charge is 0.371 e. The van der Waals surface area contributed by atoms with Crippen molar-refractivity contribution in [2.75, 3.05) is 0 Å². The Morgan fingerprint density at radius 3 is 2.38 bits per heavy atom. The van der Waals surface area contributed by atoms with Crippen LogP contribution in [0.3, 0.4) is 0 Å². The van der Waals surface area contributed by atoms with Crippen molar-refractivity contribution in [1.82, 2.24) is 14.5 Å². The lowest BCUT2D eigenvalue weighted by molar-refractivity contribution is 0.465. The van der Waals surface area contributed by atoms with Crippen LogP contribution in [0.1, 0.15) is 30.9 Å². The van der Waals surface area contributed by atoms with Gasteiger partial charge in [0.15, 0.2) is 0 Å². The molecule has 8 nitrogen and oxygen atoms in total. The summed E-state index contributed by atoms with van der Waals surface area (Å²) in [5.41, 5.74) is 2.41. The molecule has 10 heteroatoms. The Morgan fingerprint density at radius 2 is 1.68 bits per heavy atom. The molecule has 40 heavy (non-hydrogen) atoms. The van der Waals surface area contributed by atoms with Gasteiger partial charge in [0.05, 0.1) is 17.0 Å². The molecule has 2 unspecified atom stereocenters. The summed E-state index contributed by atoms with van der Waals surface area (Å²) in [6, 6.07) is 21.9. The lowest BCUT2D eigenvalue weighted by Gasteiger charge is -2.16. The number of rotatable bonds is 6. The fourth-order valence-corrected chi connectivity index (χ4v) is 7.05. The topological polar surface area (TPSA) is 109 Å². The Morgan fingerprint density at radius 1 is 1.00 bits per heavy atom. The second kappa shape index (κ2) is 10.0. The fourth-order valence-electron chi connectivity index (χ4n) is 5.61. The van der Waals surface area contributed by atoms with Gasteiger partial charge in [-0.2, -0.15) is 0 Å². The third-order valence-electron chi connectivity index (χ3n) is 7.70. The molecule has 2 atom stereocenters. The van der Waals surface area contributed by atoms with Crippen molar-refractivity contribution in [3.8, 4) is 11.1 Å². The Hall–Kier alpha value is -4.31. The van der Waals surface area contributed by atoms with Crippen LogP contribution < -0.4 is 27.2 Å². The first-order valence-electron chi connectivity index (χ1n) is 13.1. The minimum absolute atomic E-state index is 0.0294. The molecule has 204 valence electrons. The van der Waals surface area contributed by atoms with Crippen LogP contribution in [0.4, 0.5) is 4.39 Å². The van der Waals surface area contributed by atoms with Gasteiger partial charge in [0.25, 0.3) is 5.56 Å². The Labute approximate surface area is 230 Å². The van der Waals surface area contributed by atoms with Crippen LogP contribution in [-0.4, -0.2) is 23.6 Å². The van der Waals surface area contributed by atoms with Crippen LogP contribution in [-0.2, 0) is 23.4 Å². The van der Waals surface area contributed by atoms with Gasteiger partial charge in [-0.15, -0.1) is 0 Å². The summed E-state index contributed by atoms with van der Waals surface area (Å²) >= 11 is 0. The van der Waals surface area contributed by atoms with E-state index in [9.17, 15) is 17.6 Å². The maximum absolute atomic E-state index is 14.0. The summed E-state index contributed by atoms with van der Waals surface area (Å²) in [5.74, 6) is -0.578. The molecular formula is C30H28FN5O3S. The highest BCUT2D eigenvalue weighted by Crippen LogP contribution is 2.32. The van der Waals surface area contributed by atoms with E-state index in [0.717, 1.165) is 60.2 Å². The molecule has 2 aliphatic rings. The van der Waals surface area contributed by atoms with Gasteiger partial charge in [0.2, 0.25) is 15.5 Å². The van der Waals surface area contributed by atoms with Crippen LogP contribution in [0, 0.1) is 11.2 Å². The lowest BCUT2D eigenvalue weighted by atomic mass is 10.0. The van der Waals surface area contributed by atoms with Crippen molar-refractivity contribution in [3.63, 3.8) is 0 Å². The first-order valence-corrected chi connectivity index (χ1v) is 14.6. The molecular weight excluding hydrogens is 529 g/mol. The molecule has 1 aliphatic heterocycles. The molecule has 0 spiro atoms. The quantitative estimate of drug-likeness (QED) is 0.355. The van der Waals surface area contributed by atoms with Crippen molar-refractivity contribution in [2.24, 2.45) is 12.0 Å². The molecule has 2 heterocycles. The number of fused-ring (bicyclic) bond motifs is 3. The van der Waals surface area contributed by atoms with Gasteiger partial charge in [-0.05, 0) is 60.2 Å². The fraction of sp³-hybridized carbons (Fsp3) is 0.233. The average Bonchev–Trinajstić information content (AvgIpc) is 3.56. The van der Waals surface area contributed by atoms with Crippen molar-refractivity contribution in [2.45, 2.75) is 42.8 Å². The van der Waals surface area contributed by atoms with E-state index in [4.69, 9.17) is 5.41 Å². The number of hydrogen-bond donors (Lipinski definition) is 2. The second-order valence-electron chi connectivity index (χ2n) is 10.2. The highest BCUT2D eigenvalue weighted by atomic mass is 32.2. The van der Waals surface area contributed by atoms with Crippen LogP contribution >= 0.6 is 0 Å². The predicted octanol–water partition coefficient (Wildman–Crippen LogP) is 2.53. The van der Waals surface area contributed by atoms with Gasteiger partial charge < -0.3 is 5.32 Å². The van der Waals surface area contributed by atoms with Gasteiger partial charge in [-0.1, -0.05) is 54.6 Å². The Bertz CT molecular complexity index is 1950. The van der Waals surface area contributed by atoms with Crippen LogP contribution in [0.2, 0.25) is 0 Å². The van der Waals surface area contributed by atoms with Crippen LogP contribution in [0.25, 0.3) is 16.2 Å². The number of halogens is 1. The number of sulfone groups is 1. The molecule has 1 aliphatic carbocycles. The van der Waals surface area contributed by atoms with Gasteiger partial charge in [0, 0.05) is 13.6 Å². The maximum atomic E-state index is 14.0. The van der Waals surface area contributed by atoms with E-state index in [1.165, 1.54) is 4.57 Å². The average molecular weight is 558 g/mol. The third kappa shape index (κ3) is 4.38. The minimum Gasteiger partial charge on any atom is -0.371 e. The molecule has 0 amide bonds. The smallest absolute Gasteiger partial charge is 0.266 e. The summed E-state index contributed by atoms with van der Waals surface area (Å²) < 4.78 is 44.6. The van der Waals surface area contributed by atoms with Gasteiger partial charge in [0.1, 0.15) is 21.6 Å². The molecule has 1 aromatic heterocycles. The predicted molar refractivity (Wildman–Crippen MR) is 149 cm³/mol. The SMILES string of the molecule is Cn1c(=O)c(=C(NCc2ccc(-c3ccccc3)cc2)S(=O)(=O)c2ccc(F)cc2)c(=N)n2c1=NC1CCCC12. The summed E-state index contributed by atoms with van der Waals surface area (Å²) in [6.07, 6.45) is 2.61. The highest BCUT2D eigenvalue weighted by Gasteiger charge is 2.35. The van der Waals surface area contributed by atoms with Gasteiger partial charge >= 0.3 is 0 Å². The monoisotopic (exact) mass is 557 g/mol. The van der Waals surface area contributed by atoms with E-state index in [1.807, 2.05) is 54.6 Å². The summed E-state index contributed by atoms with van der Waals surface area (Å²) in [7, 11) is -2.78. The molecule has 4 aromatic rings. The van der Waals surface area contributed by atoms with Gasteiger partial charge in [-0.3, -0.25) is 19.3 Å². The van der Waals surface area contributed by atoms with E-state index in [2.05, 4.69) is 10.3 Å². The summed E-state index contributed by atoms with van der Waals surface area (Å²) in [6.45, 7) is 0.0889. The molecule has 1 saturated carbocycles. The zero-order chi connectivity index (χ0) is 28.0. The van der Waals surface area contributed by atoms with Crippen molar-refractivity contribution >= 4 is 14.9 Å². The molecule has 0 saturated heterocycles. The second-order valence-corrected chi connectivity index (χ2v) is 12.0.